The molecule has 1 aromatic carbocycles. The molecule has 1 amide bonds. The third kappa shape index (κ3) is 3.65. The standard InChI is InChI=1S/C20H30N4O/c1-21-19(22-14-18(25)23(2)3)24-13-7-12-20(15-24)11-6-9-16-8-4-5-10-17(16)20/h4-5,8,10H,6-7,9,11-15H2,1-3H3,(H,21,22). The molecule has 136 valence electrons. The number of hydrogen-bond donors (Lipinski definition) is 1. The zero-order valence-electron chi connectivity index (χ0n) is 15.7. The van der Waals surface area contributed by atoms with Crippen LogP contribution in [0.2, 0.25) is 0 Å². The molecule has 0 saturated carbocycles. The van der Waals surface area contributed by atoms with Crippen molar-refractivity contribution in [2.24, 2.45) is 4.99 Å². The molecule has 0 radical (unpaired) electrons. The zero-order chi connectivity index (χ0) is 17.9. The minimum absolute atomic E-state index is 0.0656. The van der Waals surface area contributed by atoms with Gasteiger partial charge in [-0.15, -0.1) is 0 Å². The SMILES string of the molecule is CN=C(NCC(=O)N(C)C)N1CCCC2(CCCc3ccccc32)C1. The molecule has 3 rings (SSSR count). The van der Waals surface area contributed by atoms with Crippen LogP contribution >= 0.6 is 0 Å². The van der Waals surface area contributed by atoms with Crippen molar-refractivity contribution in [2.45, 2.75) is 37.5 Å². The van der Waals surface area contributed by atoms with Crippen LogP contribution in [0.4, 0.5) is 0 Å². The van der Waals surface area contributed by atoms with Crippen LogP contribution in [0.15, 0.2) is 29.3 Å². The Morgan fingerprint density at radius 2 is 2.04 bits per heavy atom. The van der Waals surface area contributed by atoms with Gasteiger partial charge in [0.2, 0.25) is 5.91 Å². The van der Waals surface area contributed by atoms with Crippen molar-refractivity contribution in [3.05, 3.63) is 35.4 Å². The lowest BCUT2D eigenvalue weighted by atomic mass is 9.66. The first-order chi connectivity index (χ1) is 12.1. The number of piperidine rings is 1. The van der Waals surface area contributed by atoms with E-state index in [1.165, 1.54) is 36.8 Å². The van der Waals surface area contributed by atoms with Crippen molar-refractivity contribution in [3.63, 3.8) is 0 Å². The second-order valence-corrected chi connectivity index (χ2v) is 7.51. The van der Waals surface area contributed by atoms with Crippen molar-refractivity contribution in [1.29, 1.82) is 0 Å². The molecule has 1 fully saturated rings. The molecule has 0 aromatic heterocycles. The van der Waals surface area contributed by atoms with E-state index in [2.05, 4.69) is 39.5 Å². The molecule has 1 aromatic rings. The maximum absolute atomic E-state index is 11.9. The zero-order valence-corrected chi connectivity index (χ0v) is 15.7. The third-order valence-corrected chi connectivity index (χ3v) is 5.67. The predicted octanol–water partition coefficient (Wildman–Crippen LogP) is 2.02. The predicted molar refractivity (Wildman–Crippen MR) is 102 cm³/mol. The van der Waals surface area contributed by atoms with Crippen LogP contribution < -0.4 is 5.32 Å². The normalized spacial score (nSPS) is 23.3. The fourth-order valence-electron chi connectivity index (χ4n) is 4.39. The van der Waals surface area contributed by atoms with E-state index >= 15 is 0 Å². The van der Waals surface area contributed by atoms with Gasteiger partial charge in [0.25, 0.3) is 0 Å². The summed E-state index contributed by atoms with van der Waals surface area (Å²) in [4.78, 5) is 20.3. The number of carbonyl (C=O) groups is 1. The molecular formula is C20H30N4O. The third-order valence-electron chi connectivity index (χ3n) is 5.67. The molecule has 5 nitrogen and oxygen atoms in total. The number of amides is 1. The van der Waals surface area contributed by atoms with Crippen molar-refractivity contribution in [2.75, 3.05) is 40.8 Å². The number of carbonyl (C=O) groups excluding carboxylic acids is 1. The summed E-state index contributed by atoms with van der Waals surface area (Å²) in [6.07, 6.45) is 6.11. The summed E-state index contributed by atoms with van der Waals surface area (Å²) in [5.74, 6) is 0.910. The van der Waals surface area contributed by atoms with Crippen LogP contribution in [0.1, 0.15) is 36.8 Å². The summed E-state index contributed by atoms with van der Waals surface area (Å²) in [6.45, 7) is 2.28. The van der Waals surface area contributed by atoms with Crippen molar-refractivity contribution in [3.8, 4) is 0 Å². The number of hydrogen-bond acceptors (Lipinski definition) is 2. The average Bonchev–Trinajstić information content (AvgIpc) is 2.63. The van der Waals surface area contributed by atoms with E-state index in [9.17, 15) is 4.79 Å². The Hall–Kier alpha value is -2.04. The lowest BCUT2D eigenvalue weighted by molar-refractivity contribution is -0.127. The second kappa shape index (κ2) is 7.46. The number of rotatable bonds is 2. The Labute approximate surface area is 151 Å². The summed E-state index contributed by atoms with van der Waals surface area (Å²) in [5, 5.41) is 3.25. The average molecular weight is 342 g/mol. The van der Waals surface area contributed by atoms with E-state index in [-0.39, 0.29) is 11.3 Å². The van der Waals surface area contributed by atoms with Crippen LogP contribution in [0.3, 0.4) is 0 Å². The number of aryl methyl sites for hydroxylation is 1. The number of aliphatic imine (C=N–C) groups is 1. The quantitative estimate of drug-likeness (QED) is 0.661. The van der Waals surface area contributed by atoms with Gasteiger partial charge in [0, 0.05) is 39.6 Å². The fraction of sp³-hybridized carbons (Fsp3) is 0.600. The molecular weight excluding hydrogens is 312 g/mol. The molecule has 2 aliphatic rings. The van der Waals surface area contributed by atoms with E-state index in [1.807, 2.05) is 0 Å². The van der Waals surface area contributed by atoms with Gasteiger partial charge in [-0.1, -0.05) is 24.3 Å². The van der Waals surface area contributed by atoms with E-state index in [1.54, 1.807) is 26.0 Å². The molecule has 1 N–H and O–H groups in total. The van der Waals surface area contributed by atoms with Gasteiger partial charge in [-0.3, -0.25) is 9.79 Å². The Bertz CT molecular complexity index is 655. The second-order valence-electron chi connectivity index (χ2n) is 7.51. The molecule has 0 bridgehead atoms. The molecule has 1 spiro atoms. The highest BCUT2D eigenvalue weighted by Crippen LogP contribution is 2.43. The maximum atomic E-state index is 11.9. The largest absolute Gasteiger partial charge is 0.347 e. The molecule has 25 heavy (non-hydrogen) atoms. The van der Waals surface area contributed by atoms with Crippen LogP contribution in [0, 0.1) is 0 Å². The Balaban J connectivity index is 1.76. The van der Waals surface area contributed by atoms with Gasteiger partial charge in [0.15, 0.2) is 5.96 Å². The fourth-order valence-corrected chi connectivity index (χ4v) is 4.39. The van der Waals surface area contributed by atoms with E-state index < -0.39 is 0 Å². The summed E-state index contributed by atoms with van der Waals surface area (Å²) in [5.41, 5.74) is 3.28. The summed E-state index contributed by atoms with van der Waals surface area (Å²) < 4.78 is 0. The number of nitrogens with zero attached hydrogens (tertiary/aromatic N) is 3. The van der Waals surface area contributed by atoms with Crippen molar-refractivity contribution < 1.29 is 4.79 Å². The maximum Gasteiger partial charge on any atom is 0.241 e. The van der Waals surface area contributed by atoms with Gasteiger partial charge < -0.3 is 15.1 Å². The highest BCUT2D eigenvalue weighted by atomic mass is 16.2. The molecule has 1 saturated heterocycles. The molecule has 5 heteroatoms. The van der Waals surface area contributed by atoms with Crippen LogP contribution in [-0.2, 0) is 16.6 Å². The van der Waals surface area contributed by atoms with Crippen LogP contribution in [0.5, 0.6) is 0 Å². The molecule has 1 heterocycles. The van der Waals surface area contributed by atoms with Gasteiger partial charge in [-0.25, -0.2) is 0 Å². The monoisotopic (exact) mass is 342 g/mol. The minimum atomic E-state index is 0.0656. The molecule has 1 aliphatic heterocycles. The van der Waals surface area contributed by atoms with Gasteiger partial charge in [-0.05, 0) is 43.2 Å². The Morgan fingerprint density at radius 1 is 1.28 bits per heavy atom. The highest BCUT2D eigenvalue weighted by Gasteiger charge is 2.40. The number of guanidine groups is 1. The van der Waals surface area contributed by atoms with Crippen molar-refractivity contribution >= 4 is 11.9 Å². The molecule has 1 aliphatic carbocycles. The van der Waals surface area contributed by atoms with Crippen LogP contribution in [0.25, 0.3) is 0 Å². The number of likely N-dealkylation sites (tertiary alicyclic amines) is 1. The number of fused-ring (bicyclic) bond motifs is 2. The van der Waals surface area contributed by atoms with Gasteiger partial charge in [0.1, 0.15) is 0 Å². The van der Waals surface area contributed by atoms with Crippen molar-refractivity contribution in [1.82, 2.24) is 15.1 Å². The minimum Gasteiger partial charge on any atom is -0.347 e. The summed E-state index contributed by atoms with van der Waals surface area (Å²) >= 11 is 0. The van der Waals surface area contributed by atoms with E-state index in [0.29, 0.717) is 6.54 Å². The topological polar surface area (TPSA) is 47.9 Å². The molecule has 1 atom stereocenters. The van der Waals surface area contributed by atoms with Gasteiger partial charge >= 0.3 is 0 Å². The van der Waals surface area contributed by atoms with Gasteiger partial charge in [-0.2, -0.15) is 0 Å². The number of nitrogens with one attached hydrogen (secondary N) is 1. The number of likely N-dealkylation sites (N-methyl/N-ethyl adjacent to an activating group) is 1. The lowest BCUT2D eigenvalue weighted by Gasteiger charge is -2.47. The van der Waals surface area contributed by atoms with Crippen LogP contribution in [-0.4, -0.2) is 62.4 Å². The first-order valence-electron chi connectivity index (χ1n) is 9.30. The summed E-state index contributed by atoms with van der Waals surface area (Å²) in [6, 6.07) is 8.95. The Morgan fingerprint density at radius 3 is 2.80 bits per heavy atom. The van der Waals surface area contributed by atoms with E-state index in [4.69, 9.17) is 0 Å². The lowest BCUT2D eigenvalue weighted by Crippen LogP contribution is -2.54. The number of benzene rings is 1. The molecule has 1 unspecified atom stereocenters. The first kappa shape index (κ1) is 17.8. The first-order valence-corrected chi connectivity index (χ1v) is 9.30. The Kier molecular flexibility index (Phi) is 5.30. The van der Waals surface area contributed by atoms with Gasteiger partial charge in [0.05, 0.1) is 6.54 Å². The smallest absolute Gasteiger partial charge is 0.241 e. The summed E-state index contributed by atoms with van der Waals surface area (Å²) in [7, 11) is 5.36. The highest BCUT2D eigenvalue weighted by molar-refractivity contribution is 5.86. The van der Waals surface area contributed by atoms with E-state index in [0.717, 1.165) is 25.5 Å².